The van der Waals surface area contributed by atoms with Gasteiger partial charge < -0.3 is 14.8 Å². The molecular weight excluding hydrogens is 436 g/mol. The van der Waals surface area contributed by atoms with E-state index in [9.17, 15) is 13.2 Å². The Balaban J connectivity index is 1.26. The quantitative estimate of drug-likeness (QED) is 0.604. The van der Waals surface area contributed by atoms with E-state index >= 15 is 0 Å². The summed E-state index contributed by atoms with van der Waals surface area (Å²) < 4.78 is 38.9. The van der Waals surface area contributed by atoms with Gasteiger partial charge in [-0.3, -0.25) is 9.52 Å². The maximum absolute atomic E-state index is 12.7. The van der Waals surface area contributed by atoms with E-state index in [4.69, 9.17) is 9.47 Å². The Labute approximate surface area is 184 Å². The molecule has 2 heterocycles. The van der Waals surface area contributed by atoms with Crippen molar-refractivity contribution >= 4 is 38.6 Å². The molecule has 1 aliphatic carbocycles. The minimum atomic E-state index is -3.80. The molecule has 1 aromatic heterocycles. The number of sulfonamides is 1. The summed E-state index contributed by atoms with van der Waals surface area (Å²) in [5, 5.41) is 2.87. The van der Waals surface area contributed by atoms with E-state index in [-0.39, 0.29) is 10.8 Å². The summed E-state index contributed by atoms with van der Waals surface area (Å²) in [6.45, 7) is 0.820. The average Bonchev–Trinajstić information content (AvgIpc) is 3.37. The molecule has 9 heteroatoms. The molecule has 2 aliphatic rings. The minimum Gasteiger partial charge on any atom is -0.486 e. The van der Waals surface area contributed by atoms with Crippen molar-refractivity contribution < 1.29 is 22.7 Å². The minimum absolute atomic E-state index is 0.0832. The number of carbonyl (C=O) groups is 1. The van der Waals surface area contributed by atoms with Gasteiger partial charge in [0.05, 0.1) is 9.77 Å². The molecule has 3 aromatic rings. The molecule has 0 saturated heterocycles. The number of thiophene rings is 1. The molecule has 1 aliphatic heterocycles. The molecule has 160 valence electrons. The highest BCUT2D eigenvalue weighted by molar-refractivity contribution is 7.92. The maximum Gasteiger partial charge on any atom is 0.265 e. The molecule has 0 unspecified atom stereocenters. The number of fused-ring (bicyclic) bond motifs is 2. The van der Waals surface area contributed by atoms with E-state index in [1.165, 1.54) is 22.6 Å². The Bertz CT molecular complexity index is 1230. The van der Waals surface area contributed by atoms with E-state index in [1.54, 1.807) is 41.7 Å². The van der Waals surface area contributed by atoms with E-state index in [1.807, 2.05) is 6.07 Å². The number of rotatable bonds is 5. The van der Waals surface area contributed by atoms with Crippen LogP contribution in [0.25, 0.3) is 0 Å². The first-order valence-corrected chi connectivity index (χ1v) is 12.2. The topological polar surface area (TPSA) is 93.7 Å². The van der Waals surface area contributed by atoms with Gasteiger partial charge in [0.1, 0.15) is 13.2 Å². The van der Waals surface area contributed by atoms with Crippen LogP contribution in [0.1, 0.15) is 26.5 Å². The molecule has 2 aromatic carbocycles. The molecule has 0 spiro atoms. The van der Waals surface area contributed by atoms with Crippen LogP contribution in [0.5, 0.6) is 11.5 Å². The van der Waals surface area contributed by atoms with Gasteiger partial charge in [-0.1, -0.05) is 0 Å². The van der Waals surface area contributed by atoms with Gasteiger partial charge >= 0.3 is 0 Å². The Morgan fingerprint density at radius 3 is 2.42 bits per heavy atom. The Morgan fingerprint density at radius 2 is 1.65 bits per heavy atom. The fraction of sp³-hybridized carbons (Fsp3) is 0.227. The largest absolute Gasteiger partial charge is 0.486 e. The zero-order valence-electron chi connectivity index (χ0n) is 16.5. The Kier molecular flexibility index (Phi) is 5.07. The van der Waals surface area contributed by atoms with E-state index in [2.05, 4.69) is 10.0 Å². The van der Waals surface area contributed by atoms with Gasteiger partial charge in [-0.15, -0.1) is 11.3 Å². The molecule has 7 nitrogen and oxygen atoms in total. The highest BCUT2D eigenvalue weighted by Gasteiger charge is 2.20. The number of carbonyl (C=O) groups excluding carboxylic acids is 1. The first kappa shape index (κ1) is 19.9. The van der Waals surface area contributed by atoms with Crippen LogP contribution in [0.4, 0.5) is 11.4 Å². The summed E-state index contributed by atoms with van der Waals surface area (Å²) in [5.74, 6) is 0.789. The van der Waals surface area contributed by atoms with Crippen molar-refractivity contribution in [3.63, 3.8) is 0 Å². The Morgan fingerprint density at radius 1 is 0.903 bits per heavy atom. The second kappa shape index (κ2) is 7.90. The van der Waals surface area contributed by atoms with Gasteiger partial charge in [-0.2, -0.15) is 0 Å². The van der Waals surface area contributed by atoms with E-state index in [0.717, 1.165) is 19.3 Å². The van der Waals surface area contributed by atoms with Crippen molar-refractivity contribution in [2.24, 2.45) is 0 Å². The van der Waals surface area contributed by atoms with Crippen LogP contribution in [0.2, 0.25) is 0 Å². The summed E-state index contributed by atoms with van der Waals surface area (Å²) in [7, 11) is -3.80. The highest BCUT2D eigenvalue weighted by atomic mass is 32.2. The van der Waals surface area contributed by atoms with Gasteiger partial charge in [0.15, 0.2) is 11.5 Å². The Hall–Kier alpha value is -3.04. The van der Waals surface area contributed by atoms with Gasteiger partial charge in [0.25, 0.3) is 15.9 Å². The van der Waals surface area contributed by atoms with Crippen molar-refractivity contribution in [2.45, 2.75) is 24.2 Å². The van der Waals surface area contributed by atoms with E-state index in [0.29, 0.717) is 41.0 Å². The van der Waals surface area contributed by atoms with Crippen LogP contribution in [0.15, 0.2) is 53.4 Å². The molecule has 0 atom stereocenters. The fourth-order valence-corrected chi connectivity index (χ4v) is 5.88. The molecular formula is C22H20N2O5S2. The summed E-state index contributed by atoms with van der Waals surface area (Å²) >= 11 is 1.54. The van der Waals surface area contributed by atoms with Crippen molar-refractivity contribution in [1.82, 2.24) is 0 Å². The van der Waals surface area contributed by atoms with Gasteiger partial charge in [-0.25, -0.2) is 8.42 Å². The number of benzene rings is 2. The number of amides is 1. The summed E-state index contributed by atoms with van der Waals surface area (Å²) in [6.07, 6.45) is 3.25. The third-order valence-corrected chi connectivity index (χ3v) is 7.80. The molecule has 0 bridgehead atoms. The van der Waals surface area contributed by atoms with Crippen molar-refractivity contribution in [3.05, 3.63) is 63.8 Å². The molecule has 0 fully saturated rings. The van der Waals surface area contributed by atoms with Crippen LogP contribution >= 0.6 is 11.3 Å². The van der Waals surface area contributed by atoms with Crippen molar-refractivity contribution in [3.8, 4) is 11.5 Å². The molecule has 1 amide bonds. The zero-order valence-corrected chi connectivity index (χ0v) is 18.1. The molecule has 0 saturated carbocycles. The number of hydrogen-bond acceptors (Lipinski definition) is 6. The lowest BCUT2D eigenvalue weighted by atomic mass is 10.2. The number of nitrogens with one attached hydrogen (secondary N) is 2. The zero-order chi connectivity index (χ0) is 21.4. The number of aryl methyl sites for hydroxylation is 2. The summed E-state index contributed by atoms with van der Waals surface area (Å²) in [6, 6.07) is 13.0. The van der Waals surface area contributed by atoms with Crippen molar-refractivity contribution in [2.75, 3.05) is 23.3 Å². The smallest absolute Gasteiger partial charge is 0.265 e. The first-order chi connectivity index (χ1) is 15.0. The summed E-state index contributed by atoms with van der Waals surface area (Å²) in [4.78, 5) is 14.6. The lowest BCUT2D eigenvalue weighted by Gasteiger charge is -2.19. The molecule has 2 N–H and O–H groups in total. The van der Waals surface area contributed by atoms with Crippen LogP contribution in [-0.2, 0) is 22.9 Å². The third-order valence-electron chi connectivity index (χ3n) is 5.19. The maximum atomic E-state index is 12.7. The SMILES string of the molecule is O=C(Nc1ccc(NS(=O)(=O)c2ccc3c(c2)OCCO3)cc1)c1cc2c(s1)CCC2. The second-order valence-electron chi connectivity index (χ2n) is 7.36. The van der Waals surface area contributed by atoms with Crippen LogP contribution in [0.3, 0.4) is 0 Å². The van der Waals surface area contributed by atoms with Gasteiger partial charge in [0.2, 0.25) is 0 Å². The van der Waals surface area contributed by atoms with Crippen LogP contribution in [0, 0.1) is 0 Å². The average molecular weight is 457 g/mol. The fourth-order valence-electron chi connectivity index (χ4n) is 3.66. The number of hydrogen-bond donors (Lipinski definition) is 2. The molecule has 31 heavy (non-hydrogen) atoms. The molecule has 5 rings (SSSR count). The first-order valence-electron chi connectivity index (χ1n) is 9.93. The number of ether oxygens (including phenoxy) is 2. The lowest BCUT2D eigenvalue weighted by Crippen LogP contribution is -2.17. The standard InChI is InChI=1S/C22H20N2O5S2/c25-22(21-12-14-2-1-3-20(14)30-21)23-15-4-6-16(7-5-15)24-31(26,27)17-8-9-18-19(13-17)29-11-10-28-18/h4-9,12-13,24H,1-3,10-11H2,(H,23,25). The number of anilines is 2. The van der Waals surface area contributed by atoms with Crippen LogP contribution < -0.4 is 19.5 Å². The third kappa shape index (κ3) is 4.11. The van der Waals surface area contributed by atoms with Gasteiger partial charge in [0, 0.05) is 22.3 Å². The predicted octanol–water partition coefficient (Wildman–Crippen LogP) is 4.06. The molecule has 0 radical (unpaired) electrons. The van der Waals surface area contributed by atoms with Crippen molar-refractivity contribution in [1.29, 1.82) is 0 Å². The highest BCUT2D eigenvalue weighted by Crippen LogP contribution is 2.33. The monoisotopic (exact) mass is 456 g/mol. The summed E-state index contributed by atoms with van der Waals surface area (Å²) in [5.41, 5.74) is 2.27. The second-order valence-corrected chi connectivity index (χ2v) is 10.2. The predicted molar refractivity (Wildman–Crippen MR) is 119 cm³/mol. The van der Waals surface area contributed by atoms with Gasteiger partial charge in [-0.05, 0) is 67.3 Å². The van der Waals surface area contributed by atoms with Crippen LogP contribution in [-0.4, -0.2) is 27.5 Å². The normalized spacial score (nSPS) is 14.7. The lowest BCUT2D eigenvalue weighted by molar-refractivity contribution is 0.103. The van der Waals surface area contributed by atoms with E-state index < -0.39 is 10.0 Å².